The van der Waals surface area contributed by atoms with E-state index in [4.69, 9.17) is 16.3 Å². The van der Waals surface area contributed by atoms with Gasteiger partial charge in [-0.2, -0.15) is 13.2 Å². The fourth-order valence-electron chi connectivity index (χ4n) is 1.60. The van der Waals surface area contributed by atoms with Gasteiger partial charge in [-0.05, 0) is 24.9 Å². The number of pyridine rings is 1. The summed E-state index contributed by atoms with van der Waals surface area (Å²) >= 11 is 6.03. The number of halogens is 4. The van der Waals surface area contributed by atoms with Crippen LogP contribution in [0, 0.1) is 5.92 Å². The molecule has 1 N–H and O–H groups in total. The van der Waals surface area contributed by atoms with Crippen molar-refractivity contribution in [3.05, 3.63) is 22.8 Å². The monoisotopic (exact) mass is 324 g/mol. The lowest BCUT2D eigenvalue weighted by Gasteiger charge is -2.11. The molecule has 120 valence electrons. The molecule has 0 unspecified atom stereocenters. The Morgan fingerprint density at radius 1 is 1.33 bits per heavy atom. The van der Waals surface area contributed by atoms with Crippen molar-refractivity contribution < 1.29 is 17.9 Å². The van der Waals surface area contributed by atoms with E-state index in [1.165, 1.54) is 0 Å². The van der Waals surface area contributed by atoms with Gasteiger partial charge in [0.2, 0.25) is 5.88 Å². The highest BCUT2D eigenvalue weighted by Crippen LogP contribution is 2.22. The number of alkyl halides is 3. The van der Waals surface area contributed by atoms with Crippen LogP contribution >= 0.6 is 11.6 Å². The molecule has 0 aromatic carbocycles. The molecular weight excluding hydrogens is 305 g/mol. The maximum Gasteiger partial charge on any atom is 0.389 e. The topological polar surface area (TPSA) is 34.2 Å². The van der Waals surface area contributed by atoms with E-state index in [2.05, 4.69) is 24.1 Å². The van der Waals surface area contributed by atoms with Gasteiger partial charge >= 0.3 is 6.18 Å². The summed E-state index contributed by atoms with van der Waals surface area (Å²) in [5, 5.41) is 3.71. The minimum Gasteiger partial charge on any atom is -0.478 e. The Hall–Kier alpha value is -1.01. The third-order valence-electron chi connectivity index (χ3n) is 2.59. The molecule has 21 heavy (non-hydrogen) atoms. The summed E-state index contributed by atoms with van der Waals surface area (Å²) in [6.07, 6.45) is -5.10. The van der Waals surface area contributed by atoms with Crippen molar-refractivity contribution in [2.24, 2.45) is 5.92 Å². The van der Waals surface area contributed by atoms with E-state index in [9.17, 15) is 13.2 Å². The van der Waals surface area contributed by atoms with Gasteiger partial charge in [-0.1, -0.05) is 25.4 Å². The summed E-state index contributed by atoms with van der Waals surface area (Å²) in [6, 6.07) is 3.20. The molecule has 1 aromatic heterocycles. The Kier molecular flexibility index (Phi) is 7.25. The largest absolute Gasteiger partial charge is 0.478 e. The van der Waals surface area contributed by atoms with E-state index < -0.39 is 12.6 Å². The fourth-order valence-corrected chi connectivity index (χ4v) is 1.77. The average molecular weight is 325 g/mol. The molecule has 0 saturated heterocycles. The summed E-state index contributed by atoms with van der Waals surface area (Å²) in [7, 11) is 0. The molecule has 7 heteroatoms. The Labute approximate surface area is 127 Å². The fraction of sp³-hybridized carbons (Fsp3) is 0.643. The van der Waals surface area contributed by atoms with Crippen LogP contribution in [0.15, 0.2) is 12.1 Å². The molecule has 0 atom stereocenters. The van der Waals surface area contributed by atoms with Crippen molar-refractivity contribution >= 4 is 11.6 Å². The third-order valence-corrected chi connectivity index (χ3v) is 2.94. The van der Waals surface area contributed by atoms with Crippen LogP contribution in [-0.4, -0.2) is 24.3 Å². The van der Waals surface area contributed by atoms with E-state index in [-0.39, 0.29) is 13.0 Å². The summed E-state index contributed by atoms with van der Waals surface area (Å²) in [6.45, 7) is 5.48. The predicted octanol–water partition coefficient (Wildman–Crippen LogP) is 4.20. The van der Waals surface area contributed by atoms with Crippen molar-refractivity contribution in [3.63, 3.8) is 0 Å². The van der Waals surface area contributed by atoms with Crippen LogP contribution in [0.4, 0.5) is 13.2 Å². The minimum absolute atomic E-state index is 0.0208. The first kappa shape index (κ1) is 18.0. The number of ether oxygens (including phenoxy) is 1. The van der Waals surface area contributed by atoms with Gasteiger partial charge in [-0.15, -0.1) is 0 Å². The van der Waals surface area contributed by atoms with Gasteiger partial charge < -0.3 is 10.1 Å². The molecule has 0 saturated carbocycles. The molecular formula is C14H20ClF3N2O. The number of nitrogens with zero attached hydrogens (tertiary/aromatic N) is 1. The minimum atomic E-state index is -4.15. The van der Waals surface area contributed by atoms with E-state index in [1.54, 1.807) is 12.1 Å². The lowest BCUT2D eigenvalue weighted by Crippen LogP contribution is -2.20. The van der Waals surface area contributed by atoms with Crippen LogP contribution in [0.5, 0.6) is 5.88 Å². The first-order chi connectivity index (χ1) is 9.78. The van der Waals surface area contributed by atoms with Crippen LogP contribution in [0.1, 0.15) is 32.4 Å². The van der Waals surface area contributed by atoms with E-state index in [1.807, 2.05) is 0 Å². The highest BCUT2D eigenvalue weighted by molar-refractivity contribution is 6.31. The van der Waals surface area contributed by atoms with E-state index >= 15 is 0 Å². The molecule has 0 bridgehead atoms. The van der Waals surface area contributed by atoms with Gasteiger partial charge in [-0.3, -0.25) is 0 Å². The smallest absolute Gasteiger partial charge is 0.389 e. The molecule has 1 aromatic rings. The number of hydrogen-bond acceptors (Lipinski definition) is 3. The first-order valence-corrected chi connectivity index (χ1v) is 7.21. The van der Waals surface area contributed by atoms with Gasteiger partial charge in [0, 0.05) is 19.0 Å². The molecule has 0 spiro atoms. The van der Waals surface area contributed by atoms with Crippen molar-refractivity contribution in [1.29, 1.82) is 0 Å². The highest BCUT2D eigenvalue weighted by Gasteiger charge is 2.26. The summed E-state index contributed by atoms with van der Waals surface area (Å²) in [5.74, 6) is 0.800. The molecule has 0 amide bonds. The van der Waals surface area contributed by atoms with Crippen LogP contribution < -0.4 is 10.1 Å². The summed E-state index contributed by atoms with van der Waals surface area (Å²) in [4.78, 5) is 4.21. The quantitative estimate of drug-likeness (QED) is 0.728. The van der Waals surface area contributed by atoms with E-state index in [0.29, 0.717) is 29.1 Å². The molecule has 0 aliphatic rings. The van der Waals surface area contributed by atoms with Crippen molar-refractivity contribution in [3.8, 4) is 5.88 Å². The molecule has 1 rings (SSSR count). The molecule has 0 fully saturated rings. The Morgan fingerprint density at radius 3 is 2.67 bits per heavy atom. The maximum absolute atomic E-state index is 12.0. The van der Waals surface area contributed by atoms with Crippen LogP contribution in [-0.2, 0) is 6.54 Å². The van der Waals surface area contributed by atoms with Gasteiger partial charge in [0.1, 0.15) is 0 Å². The van der Waals surface area contributed by atoms with Gasteiger partial charge in [0.05, 0.1) is 17.3 Å². The molecule has 1 heterocycles. The van der Waals surface area contributed by atoms with Crippen molar-refractivity contribution in [2.45, 2.75) is 39.4 Å². The maximum atomic E-state index is 12.0. The average Bonchev–Trinajstić information content (AvgIpc) is 2.36. The van der Waals surface area contributed by atoms with Gasteiger partial charge in [0.15, 0.2) is 0 Å². The Balaban J connectivity index is 2.45. The highest BCUT2D eigenvalue weighted by atomic mass is 35.5. The summed E-state index contributed by atoms with van der Waals surface area (Å²) in [5.41, 5.74) is 0.630. The van der Waals surface area contributed by atoms with Crippen molar-refractivity contribution in [1.82, 2.24) is 10.3 Å². The number of aromatic nitrogens is 1. The van der Waals surface area contributed by atoms with E-state index in [0.717, 1.165) is 6.54 Å². The second-order valence-corrected chi connectivity index (χ2v) is 5.58. The molecule has 0 aliphatic carbocycles. The first-order valence-electron chi connectivity index (χ1n) is 6.83. The van der Waals surface area contributed by atoms with Crippen LogP contribution in [0.3, 0.4) is 0 Å². The summed E-state index contributed by atoms with van der Waals surface area (Å²) < 4.78 is 41.2. The molecule has 0 aliphatic heterocycles. The number of nitrogens with one attached hydrogen (secondary N) is 1. The lowest BCUT2D eigenvalue weighted by atomic mass is 10.2. The molecule has 3 nitrogen and oxygen atoms in total. The van der Waals surface area contributed by atoms with Crippen LogP contribution in [0.2, 0.25) is 5.02 Å². The zero-order valence-corrected chi connectivity index (χ0v) is 12.9. The van der Waals surface area contributed by atoms with Gasteiger partial charge in [0.25, 0.3) is 0 Å². The number of hydrogen-bond donors (Lipinski definition) is 1. The Morgan fingerprint density at radius 2 is 2.05 bits per heavy atom. The third kappa shape index (κ3) is 8.12. The SMILES string of the molecule is CC(C)CNCc1nc(OCCCC(F)(F)F)ccc1Cl. The number of rotatable bonds is 8. The second-order valence-electron chi connectivity index (χ2n) is 5.17. The second kappa shape index (κ2) is 8.44. The lowest BCUT2D eigenvalue weighted by molar-refractivity contribution is -0.136. The van der Waals surface area contributed by atoms with Crippen molar-refractivity contribution in [2.75, 3.05) is 13.2 Å². The van der Waals surface area contributed by atoms with Crippen LogP contribution in [0.25, 0.3) is 0 Å². The Bertz CT molecular complexity index is 439. The zero-order valence-electron chi connectivity index (χ0n) is 12.1. The molecule has 0 radical (unpaired) electrons. The predicted molar refractivity (Wildman–Crippen MR) is 76.6 cm³/mol. The standard InChI is InChI=1S/C14H20ClF3N2O/c1-10(2)8-19-9-12-11(15)4-5-13(20-12)21-7-3-6-14(16,17)18/h4-5,10,19H,3,6-9H2,1-2H3. The zero-order chi connectivity index (χ0) is 15.9. The van der Waals surface area contributed by atoms with Gasteiger partial charge in [-0.25, -0.2) is 4.98 Å². The normalized spacial score (nSPS) is 12.0.